The predicted octanol–water partition coefficient (Wildman–Crippen LogP) is 0.226. The first-order chi connectivity index (χ1) is 9.58. The van der Waals surface area contributed by atoms with Crippen molar-refractivity contribution in [3.63, 3.8) is 0 Å². The van der Waals surface area contributed by atoms with Gasteiger partial charge in [0.2, 0.25) is 0 Å². The molecule has 2 fully saturated rings. The summed E-state index contributed by atoms with van der Waals surface area (Å²) in [4.78, 5) is 21.6. The Morgan fingerprint density at radius 2 is 2.25 bits per heavy atom. The van der Waals surface area contributed by atoms with Gasteiger partial charge in [-0.25, -0.2) is 14.8 Å². The lowest BCUT2D eigenvalue weighted by Gasteiger charge is -2.13. The molecule has 0 spiro atoms. The summed E-state index contributed by atoms with van der Waals surface area (Å²) in [5, 5.41) is 3.05. The van der Waals surface area contributed by atoms with Crippen molar-refractivity contribution in [2.24, 2.45) is 13.0 Å². The largest absolute Gasteiger partial charge is 0.379 e. The summed E-state index contributed by atoms with van der Waals surface area (Å²) in [7, 11) is 3.57. The second-order valence-corrected chi connectivity index (χ2v) is 5.74. The van der Waals surface area contributed by atoms with Gasteiger partial charge in [0, 0.05) is 20.0 Å². The number of aromatic nitrogens is 4. The molecule has 2 aromatic rings. The first kappa shape index (κ1) is 11.9. The number of rotatable bonds is 2. The van der Waals surface area contributed by atoms with E-state index >= 15 is 0 Å². The third-order valence-corrected chi connectivity index (χ3v) is 4.56. The van der Waals surface area contributed by atoms with Gasteiger partial charge in [0.05, 0.1) is 18.8 Å². The number of nitrogens with zero attached hydrogens (tertiary/aromatic N) is 4. The molecule has 0 amide bonds. The molecule has 1 aliphatic carbocycles. The standard InChI is InChI=1S/C13H17N5O2/c1-7-15-10(14-2)9-11(16-7)18(12(19)17(9)3)13-4-8(13)5-20-6-13/h8H,4-6H2,1-3H3,(H,14,15,16). The van der Waals surface area contributed by atoms with Gasteiger partial charge >= 0.3 is 5.69 Å². The third-order valence-electron chi connectivity index (χ3n) is 4.56. The van der Waals surface area contributed by atoms with E-state index in [2.05, 4.69) is 15.3 Å². The predicted molar refractivity (Wildman–Crippen MR) is 74.0 cm³/mol. The summed E-state index contributed by atoms with van der Waals surface area (Å²) in [6.07, 6.45) is 1.00. The van der Waals surface area contributed by atoms with Gasteiger partial charge in [-0.05, 0) is 13.3 Å². The smallest absolute Gasteiger partial charge is 0.330 e. The molecule has 2 aromatic heterocycles. The topological polar surface area (TPSA) is 74.0 Å². The van der Waals surface area contributed by atoms with E-state index < -0.39 is 0 Å². The molecule has 3 heterocycles. The quantitative estimate of drug-likeness (QED) is 0.849. The molecule has 1 saturated heterocycles. The molecule has 1 aliphatic heterocycles. The average Bonchev–Trinajstić information content (AvgIpc) is 2.87. The van der Waals surface area contributed by atoms with E-state index in [9.17, 15) is 4.79 Å². The average molecular weight is 275 g/mol. The lowest BCUT2D eigenvalue weighted by atomic mass is 10.2. The Morgan fingerprint density at radius 1 is 1.45 bits per heavy atom. The Balaban J connectivity index is 2.09. The van der Waals surface area contributed by atoms with Crippen LogP contribution in [0.25, 0.3) is 11.2 Å². The molecular weight excluding hydrogens is 258 g/mol. The normalized spacial score (nSPS) is 27.9. The van der Waals surface area contributed by atoms with Crippen molar-refractivity contribution in [2.45, 2.75) is 18.9 Å². The van der Waals surface area contributed by atoms with Crippen LogP contribution in [0.1, 0.15) is 12.2 Å². The molecular formula is C13H17N5O2. The monoisotopic (exact) mass is 275 g/mol. The molecule has 106 valence electrons. The summed E-state index contributed by atoms with van der Waals surface area (Å²) < 4.78 is 8.99. The van der Waals surface area contributed by atoms with Crippen LogP contribution in [-0.4, -0.2) is 39.4 Å². The van der Waals surface area contributed by atoms with Crippen molar-refractivity contribution in [3.05, 3.63) is 16.3 Å². The van der Waals surface area contributed by atoms with Gasteiger partial charge < -0.3 is 10.1 Å². The molecule has 0 radical (unpaired) electrons. The van der Waals surface area contributed by atoms with Gasteiger partial charge in [-0.3, -0.25) is 9.13 Å². The number of aryl methyl sites for hydroxylation is 2. The molecule has 7 nitrogen and oxygen atoms in total. The zero-order chi connectivity index (χ0) is 14.1. The first-order valence-corrected chi connectivity index (χ1v) is 6.80. The maximum Gasteiger partial charge on any atom is 0.330 e. The minimum absolute atomic E-state index is 0.0376. The number of hydrogen-bond acceptors (Lipinski definition) is 5. The maximum absolute atomic E-state index is 12.7. The highest BCUT2D eigenvalue weighted by Crippen LogP contribution is 2.54. The molecule has 0 bridgehead atoms. The van der Waals surface area contributed by atoms with Crippen molar-refractivity contribution >= 4 is 17.0 Å². The zero-order valence-electron chi connectivity index (χ0n) is 11.8. The number of fused-ring (bicyclic) bond motifs is 2. The fraction of sp³-hybridized carbons (Fsp3) is 0.615. The van der Waals surface area contributed by atoms with Crippen LogP contribution < -0.4 is 11.0 Å². The van der Waals surface area contributed by atoms with Crippen LogP contribution in [0.5, 0.6) is 0 Å². The number of anilines is 1. The highest BCUT2D eigenvalue weighted by molar-refractivity contribution is 5.84. The van der Waals surface area contributed by atoms with Crippen molar-refractivity contribution in [2.75, 3.05) is 25.6 Å². The van der Waals surface area contributed by atoms with Crippen LogP contribution in [0.3, 0.4) is 0 Å². The highest BCUT2D eigenvalue weighted by atomic mass is 16.5. The number of ether oxygens (including phenoxy) is 1. The Labute approximate surface area is 115 Å². The summed E-state index contributed by atoms with van der Waals surface area (Å²) in [6.45, 7) is 3.19. The summed E-state index contributed by atoms with van der Waals surface area (Å²) in [6, 6.07) is 0. The van der Waals surface area contributed by atoms with Crippen molar-refractivity contribution in [3.8, 4) is 0 Å². The molecule has 2 atom stereocenters. The fourth-order valence-corrected chi connectivity index (χ4v) is 3.40. The van der Waals surface area contributed by atoms with Crippen LogP contribution in [0.2, 0.25) is 0 Å². The Bertz CT molecular complexity index is 777. The minimum atomic E-state index is -0.178. The van der Waals surface area contributed by atoms with E-state index in [-0.39, 0.29) is 11.2 Å². The van der Waals surface area contributed by atoms with Crippen molar-refractivity contribution in [1.29, 1.82) is 0 Å². The number of hydrogen-bond donors (Lipinski definition) is 1. The van der Waals surface area contributed by atoms with E-state index in [1.54, 1.807) is 18.7 Å². The van der Waals surface area contributed by atoms with Gasteiger partial charge in [-0.15, -0.1) is 0 Å². The van der Waals surface area contributed by atoms with Crippen LogP contribution in [-0.2, 0) is 17.3 Å². The van der Waals surface area contributed by atoms with Crippen molar-refractivity contribution < 1.29 is 4.74 Å². The van der Waals surface area contributed by atoms with Crippen molar-refractivity contribution in [1.82, 2.24) is 19.1 Å². The Kier molecular flexibility index (Phi) is 2.14. The van der Waals surface area contributed by atoms with Gasteiger partial charge in [-0.1, -0.05) is 0 Å². The van der Waals surface area contributed by atoms with Crippen LogP contribution in [0.4, 0.5) is 5.82 Å². The summed E-state index contributed by atoms with van der Waals surface area (Å²) in [5.74, 6) is 1.80. The Morgan fingerprint density at radius 3 is 2.85 bits per heavy atom. The molecule has 2 unspecified atom stereocenters. The van der Waals surface area contributed by atoms with E-state index in [0.29, 0.717) is 29.8 Å². The van der Waals surface area contributed by atoms with Gasteiger partial charge in [0.25, 0.3) is 0 Å². The second-order valence-electron chi connectivity index (χ2n) is 5.74. The zero-order valence-corrected chi connectivity index (χ0v) is 11.8. The van der Waals surface area contributed by atoms with E-state index in [4.69, 9.17) is 4.74 Å². The SMILES string of the molecule is CNc1nc(C)nc2c1n(C)c(=O)n2C12COCC1C2. The first-order valence-electron chi connectivity index (χ1n) is 6.80. The van der Waals surface area contributed by atoms with E-state index in [0.717, 1.165) is 18.5 Å². The third kappa shape index (κ3) is 1.26. The highest BCUT2D eigenvalue weighted by Gasteiger charge is 2.61. The summed E-state index contributed by atoms with van der Waals surface area (Å²) >= 11 is 0. The van der Waals surface area contributed by atoms with Crippen LogP contribution in [0.15, 0.2) is 4.79 Å². The molecule has 1 N–H and O–H groups in total. The molecule has 7 heteroatoms. The van der Waals surface area contributed by atoms with E-state index in [1.807, 2.05) is 11.5 Å². The summed E-state index contributed by atoms with van der Waals surface area (Å²) in [5.41, 5.74) is 1.25. The van der Waals surface area contributed by atoms with Crippen LogP contribution in [0, 0.1) is 12.8 Å². The van der Waals surface area contributed by atoms with E-state index in [1.165, 1.54) is 0 Å². The minimum Gasteiger partial charge on any atom is -0.379 e. The molecule has 20 heavy (non-hydrogen) atoms. The molecule has 4 rings (SSSR count). The maximum atomic E-state index is 12.7. The Hall–Kier alpha value is -1.89. The lowest BCUT2D eigenvalue weighted by molar-refractivity contribution is 0.148. The fourth-order valence-electron chi connectivity index (χ4n) is 3.40. The molecule has 2 aliphatic rings. The molecule has 0 aromatic carbocycles. The lowest BCUT2D eigenvalue weighted by Crippen LogP contribution is -2.33. The van der Waals surface area contributed by atoms with Gasteiger partial charge in [0.1, 0.15) is 11.3 Å². The second kappa shape index (κ2) is 3.60. The number of imidazole rings is 1. The van der Waals surface area contributed by atoms with Crippen LogP contribution >= 0.6 is 0 Å². The van der Waals surface area contributed by atoms with Gasteiger partial charge in [0.15, 0.2) is 11.5 Å². The number of nitrogens with one attached hydrogen (secondary N) is 1. The molecule has 1 saturated carbocycles. The van der Waals surface area contributed by atoms with Gasteiger partial charge in [-0.2, -0.15) is 0 Å².